The van der Waals surface area contributed by atoms with Crippen LogP contribution in [-0.4, -0.2) is 37.0 Å². The van der Waals surface area contributed by atoms with Crippen molar-refractivity contribution in [1.29, 1.82) is 0 Å². The lowest BCUT2D eigenvalue weighted by atomic mass is 9.93. The summed E-state index contributed by atoms with van der Waals surface area (Å²) in [6.07, 6.45) is 4.61. The van der Waals surface area contributed by atoms with Gasteiger partial charge in [0.2, 0.25) is 5.91 Å². The van der Waals surface area contributed by atoms with Crippen LogP contribution in [0.5, 0.6) is 0 Å². The van der Waals surface area contributed by atoms with E-state index in [4.69, 9.17) is 0 Å². The highest BCUT2D eigenvalue weighted by Crippen LogP contribution is 2.53. The van der Waals surface area contributed by atoms with Crippen molar-refractivity contribution >= 4 is 5.91 Å². The van der Waals surface area contributed by atoms with Crippen LogP contribution in [0, 0.1) is 5.41 Å². The number of amides is 1. The van der Waals surface area contributed by atoms with Gasteiger partial charge in [-0.1, -0.05) is 0 Å². The second-order valence-electron chi connectivity index (χ2n) is 4.96. The number of likely N-dealkylation sites (tertiary alicyclic amines) is 1. The van der Waals surface area contributed by atoms with Gasteiger partial charge < -0.3 is 10.2 Å². The van der Waals surface area contributed by atoms with Crippen LogP contribution in [0.4, 0.5) is 0 Å². The summed E-state index contributed by atoms with van der Waals surface area (Å²) in [6, 6.07) is 0.409. The average molecular weight is 196 g/mol. The van der Waals surface area contributed by atoms with Crippen LogP contribution < -0.4 is 5.32 Å². The first-order valence-corrected chi connectivity index (χ1v) is 5.60. The summed E-state index contributed by atoms with van der Waals surface area (Å²) < 4.78 is 0. The number of carbonyl (C=O) groups is 1. The standard InChI is InChI=1S/C11H20N2O/c1-9(12-2)8-13-6-5-11(3-4-11)7-10(13)14/h9,12H,3-8H2,1-2H3. The minimum atomic E-state index is 0.371. The molecule has 0 radical (unpaired) electrons. The molecule has 1 atom stereocenters. The molecule has 1 unspecified atom stereocenters. The van der Waals surface area contributed by atoms with Gasteiger partial charge in [-0.3, -0.25) is 4.79 Å². The second-order valence-corrected chi connectivity index (χ2v) is 4.96. The Morgan fingerprint density at radius 1 is 1.50 bits per heavy atom. The topological polar surface area (TPSA) is 32.3 Å². The lowest BCUT2D eigenvalue weighted by Gasteiger charge is -2.33. The first kappa shape index (κ1) is 9.97. The maximum Gasteiger partial charge on any atom is 0.223 e. The average Bonchev–Trinajstić information content (AvgIpc) is 2.90. The fraction of sp³-hybridized carbons (Fsp3) is 0.909. The van der Waals surface area contributed by atoms with E-state index in [9.17, 15) is 4.79 Å². The van der Waals surface area contributed by atoms with E-state index in [0.29, 0.717) is 17.4 Å². The summed E-state index contributed by atoms with van der Waals surface area (Å²) >= 11 is 0. The third kappa shape index (κ3) is 1.92. The summed E-state index contributed by atoms with van der Waals surface area (Å²) in [5.74, 6) is 0.371. The van der Waals surface area contributed by atoms with E-state index in [1.807, 2.05) is 11.9 Å². The van der Waals surface area contributed by atoms with Crippen LogP contribution in [0.15, 0.2) is 0 Å². The molecule has 1 spiro atoms. The predicted molar refractivity (Wildman–Crippen MR) is 56.0 cm³/mol. The van der Waals surface area contributed by atoms with Crippen molar-refractivity contribution in [3.8, 4) is 0 Å². The number of hydrogen-bond donors (Lipinski definition) is 1. The number of nitrogens with zero attached hydrogens (tertiary/aromatic N) is 1. The van der Waals surface area contributed by atoms with Crippen molar-refractivity contribution in [3.05, 3.63) is 0 Å². The SMILES string of the molecule is CNC(C)CN1CCC2(CC2)CC1=O. The molecule has 0 aromatic heterocycles. The largest absolute Gasteiger partial charge is 0.341 e. The van der Waals surface area contributed by atoms with Crippen molar-refractivity contribution in [2.75, 3.05) is 20.1 Å². The summed E-state index contributed by atoms with van der Waals surface area (Å²) in [5, 5.41) is 3.18. The van der Waals surface area contributed by atoms with Gasteiger partial charge in [0.1, 0.15) is 0 Å². The molecule has 14 heavy (non-hydrogen) atoms. The van der Waals surface area contributed by atoms with Crippen LogP contribution >= 0.6 is 0 Å². The van der Waals surface area contributed by atoms with Crippen LogP contribution in [0.1, 0.15) is 32.6 Å². The maximum atomic E-state index is 11.8. The quantitative estimate of drug-likeness (QED) is 0.730. The molecule has 0 aromatic carbocycles. The monoisotopic (exact) mass is 196 g/mol. The van der Waals surface area contributed by atoms with E-state index in [2.05, 4.69) is 12.2 Å². The van der Waals surface area contributed by atoms with E-state index >= 15 is 0 Å². The van der Waals surface area contributed by atoms with Gasteiger partial charge in [0.25, 0.3) is 0 Å². The van der Waals surface area contributed by atoms with E-state index < -0.39 is 0 Å². The number of carbonyl (C=O) groups excluding carboxylic acids is 1. The molecule has 1 aliphatic carbocycles. The molecule has 80 valence electrons. The fourth-order valence-electron chi connectivity index (χ4n) is 2.24. The lowest BCUT2D eigenvalue weighted by Crippen LogP contribution is -2.45. The normalized spacial score (nSPS) is 26.7. The Morgan fingerprint density at radius 2 is 2.21 bits per heavy atom. The van der Waals surface area contributed by atoms with Gasteiger partial charge in [-0.25, -0.2) is 0 Å². The fourth-order valence-corrected chi connectivity index (χ4v) is 2.24. The summed E-state index contributed by atoms with van der Waals surface area (Å²) in [5.41, 5.74) is 0.455. The molecule has 3 heteroatoms. The molecule has 1 saturated carbocycles. The first-order valence-electron chi connectivity index (χ1n) is 5.60. The highest BCUT2D eigenvalue weighted by Gasteiger charge is 2.47. The highest BCUT2D eigenvalue weighted by molar-refractivity contribution is 5.78. The molecule has 3 nitrogen and oxygen atoms in total. The maximum absolute atomic E-state index is 11.8. The Balaban J connectivity index is 1.86. The summed E-state index contributed by atoms with van der Waals surface area (Å²) in [7, 11) is 1.95. The zero-order valence-electron chi connectivity index (χ0n) is 9.18. The summed E-state index contributed by atoms with van der Waals surface area (Å²) in [6.45, 7) is 3.96. The van der Waals surface area contributed by atoms with Gasteiger partial charge in [-0.15, -0.1) is 0 Å². The number of piperidine rings is 1. The van der Waals surface area contributed by atoms with Crippen molar-refractivity contribution in [2.24, 2.45) is 5.41 Å². The van der Waals surface area contributed by atoms with Crippen molar-refractivity contribution in [3.63, 3.8) is 0 Å². The van der Waals surface area contributed by atoms with E-state index in [1.165, 1.54) is 19.3 Å². The Labute approximate surface area is 85.8 Å². The molecular weight excluding hydrogens is 176 g/mol. The molecule has 2 fully saturated rings. The minimum absolute atomic E-state index is 0.371. The Bertz CT molecular complexity index is 235. The van der Waals surface area contributed by atoms with Gasteiger partial charge >= 0.3 is 0 Å². The van der Waals surface area contributed by atoms with E-state index in [-0.39, 0.29) is 0 Å². The number of likely N-dealkylation sites (N-methyl/N-ethyl adjacent to an activating group) is 1. The molecule has 2 aliphatic rings. The van der Waals surface area contributed by atoms with Crippen molar-refractivity contribution in [2.45, 2.75) is 38.6 Å². The van der Waals surface area contributed by atoms with Gasteiger partial charge in [-0.05, 0) is 38.6 Å². The molecule has 1 N–H and O–H groups in total. The zero-order chi connectivity index (χ0) is 10.2. The van der Waals surface area contributed by atoms with Crippen LogP contribution in [-0.2, 0) is 4.79 Å². The van der Waals surface area contributed by atoms with Crippen molar-refractivity contribution < 1.29 is 4.79 Å². The molecule has 2 rings (SSSR count). The summed E-state index contributed by atoms with van der Waals surface area (Å²) in [4.78, 5) is 13.8. The number of nitrogens with one attached hydrogen (secondary N) is 1. The van der Waals surface area contributed by atoms with Gasteiger partial charge in [0, 0.05) is 25.6 Å². The number of hydrogen-bond acceptors (Lipinski definition) is 2. The van der Waals surface area contributed by atoms with Crippen LogP contribution in [0.25, 0.3) is 0 Å². The smallest absolute Gasteiger partial charge is 0.223 e. The predicted octanol–water partition coefficient (Wildman–Crippen LogP) is 0.997. The van der Waals surface area contributed by atoms with Crippen LogP contribution in [0.3, 0.4) is 0 Å². The zero-order valence-corrected chi connectivity index (χ0v) is 9.18. The number of rotatable bonds is 3. The Hall–Kier alpha value is -0.570. The first-order chi connectivity index (χ1) is 6.65. The molecule has 1 aliphatic heterocycles. The van der Waals surface area contributed by atoms with E-state index in [1.54, 1.807) is 0 Å². The minimum Gasteiger partial charge on any atom is -0.341 e. The van der Waals surface area contributed by atoms with Gasteiger partial charge in [0.15, 0.2) is 0 Å². The third-order valence-electron chi connectivity index (χ3n) is 3.74. The molecule has 0 aromatic rings. The molecule has 1 saturated heterocycles. The van der Waals surface area contributed by atoms with Gasteiger partial charge in [0.05, 0.1) is 0 Å². The Kier molecular flexibility index (Phi) is 2.52. The highest BCUT2D eigenvalue weighted by atomic mass is 16.2. The van der Waals surface area contributed by atoms with Crippen molar-refractivity contribution in [1.82, 2.24) is 10.2 Å². The molecule has 1 amide bonds. The molecular formula is C11H20N2O. The van der Waals surface area contributed by atoms with Crippen LogP contribution in [0.2, 0.25) is 0 Å². The van der Waals surface area contributed by atoms with Gasteiger partial charge in [-0.2, -0.15) is 0 Å². The van der Waals surface area contributed by atoms with E-state index in [0.717, 1.165) is 19.5 Å². The molecule has 1 heterocycles. The third-order valence-corrected chi connectivity index (χ3v) is 3.74. The molecule has 0 bridgehead atoms. The Morgan fingerprint density at radius 3 is 2.71 bits per heavy atom. The second kappa shape index (κ2) is 3.54. The lowest BCUT2D eigenvalue weighted by molar-refractivity contribution is -0.135.